The molecule has 0 amide bonds. The fourth-order valence-corrected chi connectivity index (χ4v) is 8.78. The third-order valence-electron chi connectivity index (χ3n) is 13.6. The largest absolute Gasteiger partial charge is 0.477 e. The first-order valence-corrected chi connectivity index (χ1v) is 30.8. The Morgan fingerprint density at radius 3 is 1.11 bits per heavy atom. The van der Waals surface area contributed by atoms with Crippen LogP contribution in [0.4, 0.5) is 0 Å². The summed E-state index contributed by atoms with van der Waals surface area (Å²) in [4.78, 5) is 37.4. The van der Waals surface area contributed by atoms with Crippen LogP contribution in [0.5, 0.6) is 0 Å². The Morgan fingerprint density at radius 1 is 0.411 bits per heavy atom. The average molecular weight is 1030 g/mol. The number of allylic oxidation sites excluding steroid dienone is 8. The van der Waals surface area contributed by atoms with Gasteiger partial charge in [-0.3, -0.25) is 9.59 Å². The van der Waals surface area contributed by atoms with Crippen molar-refractivity contribution in [2.45, 2.75) is 296 Å². The van der Waals surface area contributed by atoms with Crippen molar-refractivity contribution in [2.24, 2.45) is 0 Å². The molecule has 0 bridgehead atoms. The van der Waals surface area contributed by atoms with Gasteiger partial charge in [0.25, 0.3) is 6.29 Å². The van der Waals surface area contributed by atoms with Gasteiger partial charge in [-0.25, -0.2) is 4.79 Å². The summed E-state index contributed by atoms with van der Waals surface area (Å²) in [6.07, 6.45) is 66.3. The first-order valence-electron chi connectivity index (χ1n) is 30.8. The van der Waals surface area contributed by atoms with Crippen molar-refractivity contribution in [1.29, 1.82) is 0 Å². The number of quaternary nitrogens is 1. The van der Waals surface area contributed by atoms with Crippen LogP contribution in [0.15, 0.2) is 48.6 Å². The molecule has 0 aliphatic heterocycles. The maximum atomic E-state index is 12.9. The monoisotopic (exact) mass is 1030 g/mol. The summed E-state index contributed by atoms with van der Waals surface area (Å²) < 4.78 is 22.9. The van der Waals surface area contributed by atoms with E-state index in [4.69, 9.17) is 18.9 Å². The lowest BCUT2D eigenvalue weighted by Crippen LogP contribution is -2.40. The third-order valence-corrected chi connectivity index (χ3v) is 13.6. The smallest absolute Gasteiger partial charge is 0.361 e. The van der Waals surface area contributed by atoms with Gasteiger partial charge in [0.05, 0.1) is 34.4 Å². The first kappa shape index (κ1) is 70.2. The average Bonchev–Trinajstić information content (AvgIpc) is 3.36. The van der Waals surface area contributed by atoms with Crippen molar-refractivity contribution >= 4 is 17.9 Å². The van der Waals surface area contributed by atoms with Gasteiger partial charge < -0.3 is 28.5 Å². The van der Waals surface area contributed by atoms with Gasteiger partial charge in [0, 0.05) is 12.8 Å². The second kappa shape index (κ2) is 55.5. The quantitative estimate of drug-likeness (QED) is 0.0211. The van der Waals surface area contributed by atoms with Gasteiger partial charge >= 0.3 is 17.9 Å². The molecule has 73 heavy (non-hydrogen) atoms. The van der Waals surface area contributed by atoms with E-state index < -0.39 is 24.3 Å². The lowest BCUT2D eigenvalue weighted by molar-refractivity contribution is -0.870. The number of rotatable bonds is 57. The summed E-state index contributed by atoms with van der Waals surface area (Å²) in [5, 5.41) is 9.71. The summed E-state index contributed by atoms with van der Waals surface area (Å²) in [6, 6.07) is 0. The Bertz CT molecular complexity index is 1340. The zero-order valence-electron chi connectivity index (χ0n) is 48.6. The molecule has 0 aromatic carbocycles. The highest BCUT2D eigenvalue weighted by atomic mass is 16.7. The van der Waals surface area contributed by atoms with E-state index in [1.54, 1.807) is 0 Å². The van der Waals surface area contributed by atoms with E-state index in [-0.39, 0.29) is 32.2 Å². The van der Waals surface area contributed by atoms with Gasteiger partial charge in [0.1, 0.15) is 13.2 Å². The summed E-state index contributed by atoms with van der Waals surface area (Å²) in [5.41, 5.74) is 0. The summed E-state index contributed by atoms with van der Waals surface area (Å²) >= 11 is 0. The molecule has 0 radical (unpaired) electrons. The fourth-order valence-electron chi connectivity index (χ4n) is 8.78. The molecular formula is C64H118NO8+. The van der Waals surface area contributed by atoms with Crippen LogP contribution in [0.1, 0.15) is 284 Å². The van der Waals surface area contributed by atoms with Crippen LogP contribution in [-0.2, 0) is 33.3 Å². The number of unbranched alkanes of at least 4 members (excludes halogenated alkanes) is 34. The van der Waals surface area contributed by atoms with Crippen molar-refractivity contribution in [1.82, 2.24) is 0 Å². The topological polar surface area (TPSA) is 108 Å². The molecule has 1 N–H and O–H groups in total. The van der Waals surface area contributed by atoms with E-state index in [1.165, 1.54) is 205 Å². The van der Waals surface area contributed by atoms with Gasteiger partial charge in [0.2, 0.25) is 0 Å². The summed E-state index contributed by atoms with van der Waals surface area (Å²) in [7, 11) is 5.97. The second-order valence-electron chi connectivity index (χ2n) is 22.0. The molecule has 9 nitrogen and oxygen atoms in total. The van der Waals surface area contributed by atoms with E-state index in [0.717, 1.165) is 51.4 Å². The lowest BCUT2D eigenvalue weighted by Gasteiger charge is -2.25. The number of likely N-dealkylation sites (N-methyl/N-ethyl adjacent to an activating group) is 1. The predicted octanol–water partition coefficient (Wildman–Crippen LogP) is 18.2. The molecule has 2 unspecified atom stereocenters. The highest BCUT2D eigenvalue weighted by Crippen LogP contribution is 2.17. The Balaban J connectivity index is 4.14. The minimum Gasteiger partial charge on any atom is -0.477 e. The van der Waals surface area contributed by atoms with Crippen LogP contribution < -0.4 is 0 Å². The van der Waals surface area contributed by atoms with Gasteiger partial charge in [-0.2, -0.15) is 0 Å². The maximum absolute atomic E-state index is 12.9. The van der Waals surface area contributed by atoms with E-state index in [9.17, 15) is 19.5 Å². The number of aliphatic carboxylic acids is 1. The zero-order chi connectivity index (χ0) is 53.4. The van der Waals surface area contributed by atoms with E-state index in [2.05, 4.69) is 62.5 Å². The number of carboxylic acid groups (broad SMARTS) is 1. The van der Waals surface area contributed by atoms with Crippen LogP contribution in [-0.4, -0.2) is 87.4 Å². The molecule has 426 valence electrons. The van der Waals surface area contributed by atoms with Crippen LogP contribution in [0.25, 0.3) is 0 Å². The van der Waals surface area contributed by atoms with Gasteiger partial charge in [-0.1, -0.05) is 242 Å². The standard InChI is InChI=1S/C64H117NO8/c1-6-8-10-12-14-16-18-20-22-24-25-26-27-28-29-30-31-32-33-34-35-36-37-39-41-43-45-47-49-51-53-55-62(67)73-60(59-72-64(63(68)69)70-57-56-65(3,4)5)58-71-61(66)54-52-50-48-46-44-42-40-38-23-21-19-17-15-13-11-9-7-2/h18,20-21,23-25,27-28,60,64H,6-17,19,22,26,29-59H2,1-5H3/p+1/b20-18-,23-21-,25-24-,28-27-. The number of ether oxygens (including phenoxy) is 4. The van der Waals surface area contributed by atoms with E-state index >= 15 is 0 Å². The van der Waals surface area contributed by atoms with Crippen molar-refractivity contribution in [2.75, 3.05) is 47.5 Å². The van der Waals surface area contributed by atoms with Gasteiger partial charge in [0.15, 0.2) is 6.10 Å². The van der Waals surface area contributed by atoms with E-state index in [1.807, 2.05) is 21.1 Å². The lowest BCUT2D eigenvalue weighted by atomic mass is 10.0. The van der Waals surface area contributed by atoms with Crippen LogP contribution >= 0.6 is 0 Å². The molecule has 9 heteroatoms. The normalized spacial score (nSPS) is 13.1. The van der Waals surface area contributed by atoms with Crippen molar-refractivity contribution in [3.05, 3.63) is 48.6 Å². The molecule has 0 rings (SSSR count). The number of carbonyl (C=O) groups excluding carboxylic acids is 2. The number of carboxylic acids is 1. The SMILES string of the molecule is CCCCCCC/C=C\C/C=C\C/C=C\CCCCCCCCCCCCCCCCCCC(=O)OC(COC(=O)CCCCCCCCC/C=C\CCCCCCCC)COC(OCC[N+](C)(C)C)C(=O)O. The first-order chi connectivity index (χ1) is 35.6. The number of esters is 2. The summed E-state index contributed by atoms with van der Waals surface area (Å²) in [6.45, 7) is 4.89. The predicted molar refractivity (Wildman–Crippen MR) is 309 cm³/mol. The molecule has 0 aliphatic carbocycles. The van der Waals surface area contributed by atoms with Crippen LogP contribution in [0, 0.1) is 0 Å². The molecule has 0 aromatic heterocycles. The highest BCUT2D eigenvalue weighted by Gasteiger charge is 2.25. The fraction of sp³-hybridized carbons (Fsp3) is 0.828. The number of carbonyl (C=O) groups is 3. The van der Waals surface area contributed by atoms with Crippen molar-refractivity contribution in [3.63, 3.8) is 0 Å². The summed E-state index contributed by atoms with van der Waals surface area (Å²) in [5.74, 6) is -2.00. The number of hydrogen-bond acceptors (Lipinski definition) is 7. The molecule has 2 atom stereocenters. The second-order valence-corrected chi connectivity index (χ2v) is 22.0. The minimum absolute atomic E-state index is 0.182. The van der Waals surface area contributed by atoms with Gasteiger partial charge in [-0.15, -0.1) is 0 Å². The van der Waals surface area contributed by atoms with Crippen LogP contribution in [0.2, 0.25) is 0 Å². The number of hydrogen-bond donors (Lipinski definition) is 1. The van der Waals surface area contributed by atoms with E-state index in [0.29, 0.717) is 17.4 Å². The van der Waals surface area contributed by atoms with Crippen molar-refractivity contribution < 1.29 is 42.9 Å². The third kappa shape index (κ3) is 56.8. The molecule has 0 fully saturated rings. The minimum atomic E-state index is -1.51. The molecule has 0 spiro atoms. The number of nitrogens with zero attached hydrogens (tertiary/aromatic N) is 1. The Kier molecular flexibility index (Phi) is 53.4. The Morgan fingerprint density at radius 2 is 0.740 bits per heavy atom. The molecule has 0 aromatic rings. The molecular weight excluding hydrogens is 911 g/mol. The van der Waals surface area contributed by atoms with Gasteiger partial charge in [-0.05, 0) is 77.0 Å². The molecule has 0 saturated heterocycles. The molecule has 0 saturated carbocycles. The van der Waals surface area contributed by atoms with Crippen LogP contribution in [0.3, 0.4) is 0 Å². The molecule has 0 aliphatic rings. The Hall–Kier alpha value is -2.75. The van der Waals surface area contributed by atoms with Crippen molar-refractivity contribution in [3.8, 4) is 0 Å². The highest BCUT2D eigenvalue weighted by molar-refractivity contribution is 5.71. The zero-order valence-corrected chi connectivity index (χ0v) is 48.6. The molecule has 0 heterocycles. The maximum Gasteiger partial charge on any atom is 0.361 e. The Labute approximate surface area is 451 Å².